The molecule has 106 valence electrons. The first-order valence-electron chi connectivity index (χ1n) is 5.51. The Bertz CT molecular complexity index is 557. The van der Waals surface area contributed by atoms with Crippen molar-refractivity contribution in [2.24, 2.45) is 5.73 Å². The smallest absolute Gasteiger partial charge is 0.395 e. The van der Waals surface area contributed by atoms with E-state index in [0.717, 1.165) is 5.52 Å². The van der Waals surface area contributed by atoms with Gasteiger partial charge < -0.3 is 30.5 Å². The van der Waals surface area contributed by atoms with Crippen molar-refractivity contribution in [3.63, 3.8) is 0 Å². The third kappa shape index (κ3) is 5.98. The van der Waals surface area contributed by atoms with Gasteiger partial charge in [0, 0.05) is 23.1 Å². The van der Waals surface area contributed by atoms with Crippen molar-refractivity contribution in [2.75, 3.05) is 6.61 Å². The van der Waals surface area contributed by atoms with Crippen molar-refractivity contribution < 1.29 is 24.4 Å². The van der Waals surface area contributed by atoms with Crippen LogP contribution in [0, 0.1) is 0 Å². The minimum Gasteiger partial charge on any atom is -0.395 e. The molecule has 1 aromatic heterocycles. The molecule has 8 heteroatoms. The zero-order chi connectivity index (χ0) is 14.5. The Morgan fingerprint density at radius 1 is 1.26 bits per heavy atom. The predicted octanol–water partition coefficient (Wildman–Crippen LogP) is 0.101. The van der Waals surface area contributed by atoms with Crippen molar-refractivity contribution in [1.82, 2.24) is 4.98 Å². The van der Waals surface area contributed by atoms with Gasteiger partial charge in [-0.1, -0.05) is 18.2 Å². The summed E-state index contributed by atoms with van der Waals surface area (Å²) < 4.78 is 8.88. The molecule has 1 unspecified atom stereocenters. The lowest BCUT2D eigenvalue weighted by atomic mass is 10.1. The molecule has 1 aromatic carbocycles. The topological polar surface area (TPSA) is 140 Å². The summed E-state index contributed by atoms with van der Waals surface area (Å²) >= 11 is 0. The van der Waals surface area contributed by atoms with Crippen LogP contribution in [0.3, 0.4) is 0 Å². The molecule has 7 nitrogen and oxygen atoms in total. The summed E-state index contributed by atoms with van der Waals surface area (Å²) in [6, 6.07) is 7.92. The number of hydrogen-bond donors (Lipinski definition) is 6. The maximum absolute atomic E-state index is 8.88. The minimum atomic E-state index is -4.64. The molecule has 0 bridgehead atoms. The first-order valence-corrected chi connectivity index (χ1v) is 7.07. The van der Waals surface area contributed by atoms with E-state index in [0.29, 0.717) is 6.42 Å². The Hall–Kier alpha value is -1.21. The normalized spacial score (nSPS) is 12.9. The highest BCUT2D eigenvalue weighted by Gasteiger charge is 2.06. The number of aliphatic hydroxyl groups excluding tert-OH is 1. The van der Waals surface area contributed by atoms with E-state index in [1.54, 1.807) is 0 Å². The number of nitrogens with two attached hydrogens (primary N) is 1. The third-order valence-electron chi connectivity index (χ3n) is 2.39. The number of aromatic nitrogens is 1. The quantitative estimate of drug-likeness (QED) is 0.443. The number of para-hydroxylation sites is 1. The number of fused-ring (bicyclic) bond motifs is 1. The van der Waals surface area contributed by atoms with Gasteiger partial charge in [0.25, 0.3) is 0 Å². The monoisotopic (exact) mass is 288 g/mol. The Kier molecular flexibility index (Phi) is 5.68. The standard InChI is InChI=1S/C11H14N2O.H3O4P/c12-9(7-14)5-8-6-13-11-4-2-1-3-10(8)11;1-5(2,3)4/h1-4,6,9,13-14H,5,7,12H2;(H3,1,2,3,4). The summed E-state index contributed by atoms with van der Waals surface area (Å²) in [5.74, 6) is 0. The molecular weight excluding hydrogens is 271 g/mol. The first-order chi connectivity index (χ1) is 8.81. The van der Waals surface area contributed by atoms with Gasteiger partial charge in [0.2, 0.25) is 0 Å². The van der Waals surface area contributed by atoms with E-state index in [4.69, 9.17) is 30.1 Å². The summed E-state index contributed by atoms with van der Waals surface area (Å²) in [5.41, 5.74) is 7.98. The van der Waals surface area contributed by atoms with Gasteiger partial charge >= 0.3 is 7.82 Å². The highest BCUT2D eigenvalue weighted by atomic mass is 31.2. The number of benzene rings is 1. The Morgan fingerprint density at radius 2 is 1.84 bits per heavy atom. The lowest BCUT2D eigenvalue weighted by Crippen LogP contribution is -2.26. The lowest BCUT2D eigenvalue weighted by Gasteiger charge is -2.05. The van der Waals surface area contributed by atoms with E-state index >= 15 is 0 Å². The van der Waals surface area contributed by atoms with E-state index in [-0.39, 0.29) is 12.6 Å². The second-order valence-corrected chi connectivity index (χ2v) is 5.05. The van der Waals surface area contributed by atoms with Crippen LogP contribution in [0.1, 0.15) is 5.56 Å². The lowest BCUT2D eigenvalue weighted by molar-refractivity contribution is 0.265. The first kappa shape index (κ1) is 15.8. The molecule has 0 spiro atoms. The van der Waals surface area contributed by atoms with Crippen LogP contribution < -0.4 is 5.73 Å². The number of aromatic amines is 1. The maximum atomic E-state index is 8.88. The number of H-pyrrole nitrogens is 1. The van der Waals surface area contributed by atoms with E-state index in [1.807, 2.05) is 24.4 Å². The van der Waals surface area contributed by atoms with E-state index in [1.165, 1.54) is 10.9 Å². The Morgan fingerprint density at radius 3 is 2.42 bits per heavy atom. The molecule has 0 aliphatic heterocycles. The minimum absolute atomic E-state index is 0.0273. The predicted molar refractivity (Wildman–Crippen MR) is 71.3 cm³/mol. The molecule has 0 amide bonds. The van der Waals surface area contributed by atoms with Crippen LogP contribution in [-0.4, -0.2) is 37.4 Å². The van der Waals surface area contributed by atoms with Crippen LogP contribution in [-0.2, 0) is 11.0 Å². The van der Waals surface area contributed by atoms with Crippen LogP contribution in [0.5, 0.6) is 0 Å². The Labute approximate surface area is 109 Å². The van der Waals surface area contributed by atoms with E-state index < -0.39 is 7.82 Å². The molecule has 1 heterocycles. The molecule has 0 saturated carbocycles. The number of aliphatic hydroxyl groups is 1. The van der Waals surface area contributed by atoms with E-state index in [9.17, 15) is 0 Å². The summed E-state index contributed by atoms with van der Waals surface area (Å²) in [6.07, 6.45) is 2.67. The van der Waals surface area contributed by atoms with Gasteiger partial charge in [0.1, 0.15) is 0 Å². The molecule has 2 rings (SSSR count). The molecule has 1 atom stereocenters. The number of nitrogens with one attached hydrogen (secondary N) is 1. The fourth-order valence-electron chi connectivity index (χ4n) is 1.65. The zero-order valence-corrected chi connectivity index (χ0v) is 11.0. The maximum Gasteiger partial charge on any atom is 0.466 e. The summed E-state index contributed by atoms with van der Waals surface area (Å²) in [4.78, 5) is 24.7. The van der Waals surface area contributed by atoms with Crippen LogP contribution in [0.25, 0.3) is 10.9 Å². The molecule has 0 saturated heterocycles. The molecule has 0 aliphatic carbocycles. The Balaban J connectivity index is 0.000000312. The van der Waals surface area contributed by atoms with Crippen molar-refractivity contribution in [3.8, 4) is 0 Å². The zero-order valence-electron chi connectivity index (χ0n) is 10.1. The van der Waals surface area contributed by atoms with Gasteiger partial charge in [-0.25, -0.2) is 4.57 Å². The van der Waals surface area contributed by atoms with Crippen molar-refractivity contribution >= 4 is 18.7 Å². The molecule has 0 aliphatic rings. The van der Waals surface area contributed by atoms with Gasteiger partial charge in [0.15, 0.2) is 0 Å². The summed E-state index contributed by atoms with van der Waals surface area (Å²) in [7, 11) is -4.64. The highest BCUT2D eigenvalue weighted by Crippen LogP contribution is 2.25. The van der Waals surface area contributed by atoms with Crippen LogP contribution >= 0.6 is 7.82 Å². The van der Waals surface area contributed by atoms with Crippen LogP contribution in [0.15, 0.2) is 30.5 Å². The molecule has 0 radical (unpaired) electrons. The van der Waals surface area contributed by atoms with Gasteiger partial charge in [-0.05, 0) is 18.1 Å². The van der Waals surface area contributed by atoms with Gasteiger partial charge in [0.05, 0.1) is 6.61 Å². The fraction of sp³-hybridized carbons (Fsp3) is 0.273. The second kappa shape index (κ2) is 6.81. The van der Waals surface area contributed by atoms with Gasteiger partial charge in [-0.15, -0.1) is 0 Å². The third-order valence-corrected chi connectivity index (χ3v) is 2.39. The van der Waals surface area contributed by atoms with Crippen molar-refractivity contribution in [1.29, 1.82) is 0 Å². The van der Waals surface area contributed by atoms with E-state index in [2.05, 4.69) is 11.1 Å². The van der Waals surface area contributed by atoms with Gasteiger partial charge in [-0.2, -0.15) is 0 Å². The molecule has 2 aromatic rings. The summed E-state index contributed by atoms with van der Waals surface area (Å²) in [6.45, 7) is 0.0273. The number of phosphoric acid groups is 1. The largest absolute Gasteiger partial charge is 0.466 e. The highest BCUT2D eigenvalue weighted by molar-refractivity contribution is 7.45. The molecular formula is C11H17N2O5P. The number of rotatable bonds is 3. The summed E-state index contributed by atoms with van der Waals surface area (Å²) in [5, 5.41) is 10.1. The second-order valence-electron chi connectivity index (χ2n) is 4.02. The molecule has 19 heavy (non-hydrogen) atoms. The van der Waals surface area contributed by atoms with Crippen molar-refractivity contribution in [3.05, 3.63) is 36.0 Å². The number of hydrogen-bond acceptors (Lipinski definition) is 3. The van der Waals surface area contributed by atoms with Crippen LogP contribution in [0.2, 0.25) is 0 Å². The van der Waals surface area contributed by atoms with Gasteiger partial charge in [-0.3, -0.25) is 0 Å². The SMILES string of the molecule is NC(CO)Cc1c[nH]c2ccccc12.O=P(O)(O)O. The van der Waals surface area contributed by atoms with Crippen LogP contribution in [0.4, 0.5) is 0 Å². The average Bonchev–Trinajstić information content (AvgIpc) is 2.71. The molecule has 7 N–H and O–H groups in total. The fourth-order valence-corrected chi connectivity index (χ4v) is 1.65. The average molecular weight is 288 g/mol. The van der Waals surface area contributed by atoms with Crippen molar-refractivity contribution in [2.45, 2.75) is 12.5 Å². The molecule has 0 fully saturated rings.